The lowest BCUT2D eigenvalue weighted by molar-refractivity contribution is 0.103. The van der Waals surface area contributed by atoms with Crippen molar-refractivity contribution in [3.05, 3.63) is 52.1 Å². The summed E-state index contributed by atoms with van der Waals surface area (Å²) in [6.07, 6.45) is 0. The summed E-state index contributed by atoms with van der Waals surface area (Å²) < 4.78 is 13.7. The Bertz CT molecular complexity index is 797. The lowest BCUT2D eigenvalue weighted by atomic mass is 10.2. The first kappa shape index (κ1) is 13.8. The van der Waals surface area contributed by atoms with Gasteiger partial charge in [-0.3, -0.25) is 10.1 Å². The summed E-state index contributed by atoms with van der Waals surface area (Å²) in [5.74, 6) is -0.565. The van der Waals surface area contributed by atoms with Gasteiger partial charge < -0.3 is 0 Å². The fourth-order valence-electron chi connectivity index (χ4n) is 1.77. The van der Waals surface area contributed by atoms with E-state index < -0.39 is 0 Å². The number of anilines is 1. The van der Waals surface area contributed by atoms with E-state index in [2.05, 4.69) is 15.5 Å². The van der Waals surface area contributed by atoms with Crippen molar-refractivity contribution in [2.24, 2.45) is 0 Å². The Morgan fingerprint density at radius 3 is 2.67 bits per heavy atom. The molecular weight excluding hydrogens is 309 g/mol. The first-order chi connectivity index (χ1) is 10.1. The smallest absolute Gasteiger partial charge is 0.267 e. The number of aromatic nitrogens is 2. The molecule has 0 unspecified atom stereocenters. The second-order valence-electron chi connectivity index (χ2n) is 4.22. The maximum Gasteiger partial charge on any atom is 0.267 e. The number of rotatable bonds is 3. The molecule has 0 radical (unpaired) electrons. The van der Waals surface area contributed by atoms with Crippen LogP contribution >= 0.6 is 22.7 Å². The van der Waals surface area contributed by atoms with E-state index in [-0.39, 0.29) is 11.7 Å². The van der Waals surface area contributed by atoms with Crippen molar-refractivity contribution in [3.8, 4) is 10.4 Å². The molecule has 1 N–H and O–H groups in total. The Morgan fingerprint density at radius 2 is 1.95 bits per heavy atom. The molecule has 0 bridgehead atoms. The summed E-state index contributed by atoms with van der Waals surface area (Å²) in [4.78, 5) is 13.3. The third-order valence-electron chi connectivity index (χ3n) is 2.72. The third kappa shape index (κ3) is 2.98. The molecule has 2 aromatic heterocycles. The molecule has 0 saturated carbocycles. The highest BCUT2D eigenvalue weighted by molar-refractivity contribution is 7.18. The summed E-state index contributed by atoms with van der Waals surface area (Å²) in [7, 11) is 0. The maximum absolute atomic E-state index is 13.7. The van der Waals surface area contributed by atoms with Crippen molar-refractivity contribution in [1.29, 1.82) is 0 Å². The van der Waals surface area contributed by atoms with Crippen LogP contribution in [0.4, 0.5) is 9.52 Å². The van der Waals surface area contributed by atoms with Crippen LogP contribution in [-0.2, 0) is 0 Å². The van der Waals surface area contributed by atoms with E-state index in [1.54, 1.807) is 30.3 Å². The molecule has 0 saturated heterocycles. The van der Waals surface area contributed by atoms with Crippen molar-refractivity contribution in [2.75, 3.05) is 5.32 Å². The molecule has 3 rings (SSSR count). The van der Waals surface area contributed by atoms with Gasteiger partial charge in [-0.25, -0.2) is 4.39 Å². The van der Waals surface area contributed by atoms with E-state index >= 15 is 0 Å². The zero-order valence-corrected chi connectivity index (χ0v) is 12.6. The van der Waals surface area contributed by atoms with Gasteiger partial charge in [0.1, 0.15) is 10.8 Å². The van der Waals surface area contributed by atoms with E-state index in [0.717, 1.165) is 5.01 Å². The van der Waals surface area contributed by atoms with E-state index in [1.165, 1.54) is 28.7 Å². The first-order valence-corrected chi connectivity index (χ1v) is 7.73. The van der Waals surface area contributed by atoms with Crippen LogP contribution < -0.4 is 5.32 Å². The number of hydrogen-bond acceptors (Lipinski definition) is 5. The average Bonchev–Trinajstić information content (AvgIpc) is 3.09. The molecule has 7 heteroatoms. The van der Waals surface area contributed by atoms with Crippen molar-refractivity contribution in [1.82, 2.24) is 10.2 Å². The van der Waals surface area contributed by atoms with Gasteiger partial charge in [-0.2, -0.15) is 0 Å². The zero-order chi connectivity index (χ0) is 14.8. The summed E-state index contributed by atoms with van der Waals surface area (Å²) >= 11 is 2.55. The number of nitrogens with one attached hydrogen (secondary N) is 1. The van der Waals surface area contributed by atoms with Gasteiger partial charge in [0.15, 0.2) is 0 Å². The third-order valence-corrected chi connectivity index (χ3v) is 4.59. The molecule has 4 nitrogen and oxygen atoms in total. The van der Waals surface area contributed by atoms with Crippen LogP contribution in [0.25, 0.3) is 10.4 Å². The van der Waals surface area contributed by atoms with Crippen LogP contribution in [0.1, 0.15) is 14.7 Å². The molecule has 0 spiro atoms. The van der Waals surface area contributed by atoms with Gasteiger partial charge in [0.2, 0.25) is 5.13 Å². The number of hydrogen-bond donors (Lipinski definition) is 1. The Kier molecular flexibility index (Phi) is 3.76. The standard InChI is InChI=1S/C14H10FN3OS2/c1-8-17-18-14(20-8)16-13(19)12-7-6-11(21-12)9-4-2-3-5-10(9)15/h2-7H,1H3,(H,16,18,19). The molecular formula is C14H10FN3OS2. The van der Waals surface area contributed by atoms with Gasteiger partial charge in [-0.1, -0.05) is 29.5 Å². The summed E-state index contributed by atoms with van der Waals surface area (Å²) in [6.45, 7) is 1.81. The average molecular weight is 319 g/mol. The van der Waals surface area contributed by atoms with Crippen LogP contribution in [0.5, 0.6) is 0 Å². The molecule has 0 aliphatic heterocycles. The normalized spacial score (nSPS) is 10.6. The van der Waals surface area contributed by atoms with Crippen LogP contribution in [0.15, 0.2) is 36.4 Å². The maximum atomic E-state index is 13.7. The molecule has 0 fully saturated rings. The lowest BCUT2D eigenvalue weighted by Gasteiger charge is -1.99. The van der Waals surface area contributed by atoms with E-state index in [1.807, 2.05) is 6.92 Å². The number of aryl methyl sites for hydroxylation is 1. The van der Waals surface area contributed by atoms with E-state index in [4.69, 9.17) is 0 Å². The predicted molar refractivity (Wildman–Crippen MR) is 82.3 cm³/mol. The zero-order valence-electron chi connectivity index (χ0n) is 11.0. The fourth-order valence-corrected chi connectivity index (χ4v) is 3.29. The molecule has 0 aliphatic rings. The van der Waals surface area contributed by atoms with Crippen LogP contribution in [0.2, 0.25) is 0 Å². The Labute approximate surface area is 128 Å². The highest BCUT2D eigenvalue weighted by atomic mass is 32.1. The van der Waals surface area contributed by atoms with E-state index in [0.29, 0.717) is 20.4 Å². The molecule has 1 amide bonds. The summed E-state index contributed by atoms with van der Waals surface area (Å²) in [6, 6.07) is 9.91. The number of benzene rings is 1. The minimum atomic E-state index is -0.300. The van der Waals surface area contributed by atoms with E-state index in [9.17, 15) is 9.18 Å². The van der Waals surface area contributed by atoms with Crippen molar-refractivity contribution in [3.63, 3.8) is 0 Å². The van der Waals surface area contributed by atoms with Crippen LogP contribution in [-0.4, -0.2) is 16.1 Å². The first-order valence-electron chi connectivity index (χ1n) is 6.09. The van der Waals surface area contributed by atoms with Gasteiger partial charge in [0.25, 0.3) is 5.91 Å². The topological polar surface area (TPSA) is 54.9 Å². The van der Waals surface area contributed by atoms with Crippen molar-refractivity contribution >= 4 is 33.7 Å². The van der Waals surface area contributed by atoms with Gasteiger partial charge in [-0.05, 0) is 25.1 Å². The largest absolute Gasteiger partial charge is 0.296 e. The molecule has 0 aliphatic carbocycles. The number of halogens is 1. The predicted octanol–water partition coefficient (Wildman–Crippen LogP) is 3.97. The minimum Gasteiger partial charge on any atom is -0.296 e. The number of carbonyl (C=O) groups excluding carboxylic acids is 1. The number of amides is 1. The Hall–Kier alpha value is -2.12. The molecule has 21 heavy (non-hydrogen) atoms. The van der Waals surface area contributed by atoms with Gasteiger partial charge in [-0.15, -0.1) is 21.5 Å². The molecule has 2 heterocycles. The Balaban J connectivity index is 1.82. The molecule has 1 aromatic carbocycles. The Morgan fingerprint density at radius 1 is 1.14 bits per heavy atom. The van der Waals surface area contributed by atoms with Crippen molar-refractivity contribution in [2.45, 2.75) is 6.92 Å². The highest BCUT2D eigenvalue weighted by Gasteiger charge is 2.14. The van der Waals surface area contributed by atoms with Crippen LogP contribution in [0, 0.1) is 12.7 Å². The second kappa shape index (κ2) is 5.71. The number of thiophene rings is 1. The molecule has 0 atom stereocenters. The van der Waals surface area contributed by atoms with Crippen LogP contribution in [0.3, 0.4) is 0 Å². The lowest BCUT2D eigenvalue weighted by Crippen LogP contribution is -2.09. The number of carbonyl (C=O) groups is 1. The second-order valence-corrected chi connectivity index (χ2v) is 6.49. The monoisotopic (exact) mass is 319 g/mol. The fraction of sp³-hybridized carbons (Fsp3) is 0.0714. The summed E-state index contributed by atoms with van der Waals surface area (Å²) in [5.41, 5.74) is 0.494. The van der Waals surface area contributed by atoms with Gasteiger partial charge >= 0.3 is 0 Å². The summed E-state index contributed by atoms with van der Waals surface area (Å²) in [5, 5.41) is 11.6. The van der Waals surface area contributed by atoms with Gasteiger partial charge in [0, 0.05) is 10.4 Å². The molecule has 3 aromatic rings. The SMILES string of the molecule is Cc1nnc(NC(=O)c2ccc(-c3ccccc3F)s2)s1. The van der Waals surface area contributed by atoms with Gasteiger partial charge in [0.05, 0.1) is 4.88 Å². The quantitative estimate of drug-likeness (QED) is 0.795. The highest BCUT2D eigenvalue weighted by Crippen LogP contribution is 2.30. The number of nitrogens with zero attached hydrogens (tertiary/aromatic N) is 2. The molecule has 106 valence electrons. The van der Waals surface area contributed by atoms with Crippen molar-refractivity contribution < 1.29 is 9.18 Å². The minimum absolute atomic E-state index is 0.265.